The van der Waals surface area contributed by atoms with Gasteiger partial charge in [0.15, 0.2) is 5.66 Å². The second kappa shape index (κ2) is 8.55. The molecular weight excluding hydrogens is 387 g/mol. The van der Waals surface area contributed by atoms with Crippen LogP contribution in [0.4, 0.5) is 4.79 Å². The fraction of sp³-hybridized carbons (Fsp3) is 0.450. The second-order valence-corrected chi connectivity index (χ2v) is 7.72. The molecule has 0 aromatic heterocycles. The third-order valence-electron chi connectivity index (χ3n) is 5.29. The number of hydroxylamine groups is 1. The van der Waals surface area contributed by atoms with Crippen LogP contribution in [-0.2, 0) is 16.9 Å². The topological polar surface area (TPSA) is 61.8 Å². The third-order valence-corrected chi connectivity index (χ3v) is 5.91. The molecule has 2 N–H and O–H groups in total. The van der Waals surface area contributed by atoms with Gasteiger partial charge in [0.1, 0.15) is 6.26 Å². The largest absolute Gasteiger partial charge is 0.465 e. The first kappa shape index (κ1) is 20.1. The Morgan fingerprint density at radius 3 is 2.59 bits per heavy atom. The van der Waals surface area contributed by atoms with Gasteiger partial charge in [-0.15, -0.1) is 17.1 Å². The van der Waals surface area contributed by atoms with Crippen LogP contribution in [0.3, 0.4) is 0 Å². The smallest absolute Gasteiger partial charge is 0.409 e. The summed E-state index contributed by atoms with van der Waals surface area (Å²) in [5.74, 6) is 0.538. The van der Waals surface area contributed by atoms with E-state index >= 15 is 0 Å². The number of allylic oxidation sites excluding steroid dienone is 1. The van der Waals surface area contributed by atoms with Crippen molar-refractivity contribution in [3.05, 3.63) is 58.3 Å². The minimum absolute atomic E-state index is 0.392. The second-order valence-electron chi connectivity index (χ2n) is 6.89. The van der Waals surface area contributed by atoms with Gasteiger partial charge in [-0.25, -0.2) is 4.79 Å². The first-order chi connectivity index (χ1) is 13.0. The first-order valence-corrected chi connectivity index (χ1v) is 10.1. The summed E-state index contributed by atoms with van der Waals surface area (Å²) in [6.45, 7) is 1.88. The van der Waals surface area contributed by atoms with Crippen LogP contribution in [0.2, 0.25) is 0 Å². The molecule has 1 aromatic rings. The third kappa shape index (κ3) is 3.96. The Bertz CT molecular complexity index is 748. The van der Waals surface area contributed by atoms with Gasteiger partial charge in [0.05, 0.1) is 6.04 Å². The minimum atomic E-state index is -1.12. The van der Waals surface area contributed by atoms with Crippen molar-refractivity contribution >= 4 is 29.3 Å². The Morgan fingerprint density at radius 1 is 1.33 bits per heavy atom. The number of carbonyl (C=O) groups is 1. The molecule has 0 spiro atoms. The molecule has 1 aromatic carbocycles. The summed E-state index contributed by atoms with van der Waals surface area (Å²) < 4.78 is 0. The molecule has 2 aliphatic rings. The van der Waals surface area contributed by atoms with Crippen LogP contribution in [-0.4, -0.2) is 28.0 Å². The zero-order valence-electron chi connectivity index (χ0n) is 15.3. The van der Waals surface area contributed by atoms with E-state index in [1.54, 1.807) is 6.08 Å². The van der Waals surface area contributed by atoms with Crippen LogP contribution < -0.4 is 5.48 Å². The lowest BCUT2D eigenvalue weighted by Gasteiger charge is -2.42. The van der Waals surface area contributed by atoms with Crippen molar-refractivity contribution in [2.45, 2.75) is 50.7 Å². The van der Waals surface area contributed by atoms with Crippen LogP contribution >= 0.6 is 23.2 Å². The normalized spacial score (nSPS) is 23.2. The predicted molar refractivity (Wildman–Crippen MR) is 107 cm³/mol. The molecule has 0 bridgehead atoms. The number of carboxylic acid groups (broad SMARTS) is 1. The van der Waals surface area contributed by atoms with Gasteiger partial charge in [-0.3, -0.25) is 4.90 Å². The van der Waals surface area contributed by atoms with E-state index < -0.39 is 17.8 Å². The van der Waals surface area contributed by atoms with Gasteiger partial charge in [0.25, 0.3) is 0 Å². The minimum Gasteiger partial charge on any atom is -0.465 e. The van der Waals surface area contributed by atoms with E-state index in [0.29, 0.717) is 5.88 Å². The van der Waals surface area contributed by atoms with E-state index in [-0.39, 0.29) is 0 Å². The lowest BCUT2D eigenvalue weighted by atomic mass is 9.90. The number of hydrogen-bond donors (Lipinski definition) is 2. The van der Waals surface area contributed by atoms with Crippen molar-refractivity contribution in [3.63, 3.8) is 0 Å². The lowest BCUT2D eigenvalue weighted by Crippen LogP contribution is -2.58. The van der Waals surface area contributed by atoms with Crippen molar-refractivity contribution in [2.24, 2.45) is 0 Å². The van der Waals surface area contributed by atoms with Crippen LogP contribution in [0.5, 0.6) is 0 Å². The Kier molecular flexibility index (Phi) is 6.35. The highest BCUT2D eigenvalue weighted by atomic mass is 35.5. The highest BCUT2D eigenvalue weighted by molar-refractivity contribution is 6.30. The molecule has 2 atom stereocenters. The maximum absolute atomic E-state index is 12.3. The summed E-state index contributed by atoms with van der Waals surface area (Å²) >= 11 is 12.3. The van der Waals surface area contributed by atoms with Crippen LogP contribution in [0.1, 0.15) is 43.7 Å². The molecule has 1 amide bonds. The SMILES string of the molecule is CC(C1=C(Cl)CCCC1)N(C(=O)O)C1(c2ccc(CCCl)cc2)C=CON1. The lowest BCUT2D eigenvalue weighted by molar-refractivity contribution is -0.00928. The Balaban J connectivity index is 2.02. The number of nitrogens with zero attached hydrogens (tertiary/aromatic N) is 1. The molecule has 1 aliphatic heterocycles. The number of rotatable bonds is 6. The highest BCUT2D eigenvalue weighted by Gasteiger charge is 2.46. The van der Waals surface area contributed by atoms with Gasteiger partial charge in [-0.05, 0) is 55.7 Å². The first-order valence-electron chi connectivity index (χ1n) is 9.15. The van der Waals surface area contributed by atoms with Gasteiger partial charge in [0, 0.05) is 17.0 Å². The van der Waals surface area contributed by atoms with Crippen LogP contribution in [0, 0.1) is 0 Å². The average Bonchev–Trinajstić information content (AvgIpc) is 3.13. The van der Waals surface area contributed by atoms with E-state index in [1.807, 2.05) is 31.2 Å². The van der Waals surface area contributed by atoms with Gasteiger partial charge in [-0.2, -0.15) is 0 Å². The van der Waals surface area contributed by atoms with Gasteiger partial charge >= 0.3 is 6.09 Å². The van der Waals surface area contributed by atoms with Crippen molar-refractivity contribution in [1.29, 1.82) is 0 Å². The van der Waals surface area contributed by atoms with E-state index in [0.717, 1.165) is 53.8 Å². The average molecular weight is 411 g/mol. The molecule has 2 unspecified atom stereocenters. The molecule has 0 saturated carbocycles. The van der Waals surface area contributed by atoms with Crippen LogP contribution in [0.15, 0.2) is 47.2 Å². The van der Waals surface area contributed by atoms with Gasteiger partial charge < -0.3 is 9.94 Å². The van der Waals surface area contributed by atoms with Crippen molar-refractivity contribution in [3.8, 4) is 0 Å². The van der Waals surface area contributed by atoms with Crippen molar-refractivity contribution in [1.82, 2.24) is 10.4 Å². The molecule has 0 saturated heterocycles. The summed E-state index contributed by atoms with van der Waals surface area (Å²) in [7, 11) is 0. The molecule has 146 valence electrons. The van der Waals surface area contributed by atoms with Gasteiger partial charge in [-0.1, -0.05) is 35.9 Å². The molecule has 1 heterocycles. The molecule has 0 fully saturated rings. The number of nitrogens with one attached hydrogen (secondary N) is 1. The fourth-order valence-electron chi connectivity index (χ4n) is 3.85. The van der Waals surface area contributed by atoms with Crippen molar-refractivity contribution < 1.29 is 14.7 Å². The molecule has 1 aliphatic carbocycles. The number of alkyl halides is 1. The number of amides is 1. The van der Waals surface area contributed by atoms with Gasteiger partial charge in [0.2, 0.25) is 0 Å². The Hall–Kier alpha value is -1.69. The highest BCUT2D eigenvalue weighted by Crippen LogP contribution is 2.38. The monoisotopic (exact) mass is 410 g/mol. The molecular formula is C20H24Cl2N2O3. The molecule has 7 heteroatoms. The van der Waals surface area contributed by atoms with Crippen LogP contribution in [0.25, 0.3) is 0 Å². The summed E-state index contributed by atoms with van der Waals surface area (Å²) in [5.41, 5.74) is 4.63. The summed E-state index contributed by atoms with van der Waals surface area (Å²) in [6, 6.07) is 7.35. The molecule has 0 radical (unpaired) electrons. The molecule has 27 heavy (non-hydrogen) atoms. The standard InChI is InChI=1S/C20H24Cl2N2O3/c1-14(17-4-2-3-5-18(17)22)24(19(25)26)20(11-13-27-23-20)16-8-6-15(7-9-16)10-12-21/h6-9,11,13-14,23H,2-5,10,12H2,1H3,(H,25,26). The summed E-state index contributed by atoms with van der Waals surface area (Å²) in [5, 5.41) is 10.9. The maximum atomic E-state index is 12.3. The number of hydrogen-bond acceptors (Lipinski definition) is 3. The number of aryl methyl sites for hydroxylation is 1. The molecule has 3 rings (SSSR count). The quantitative estimate of drug-likeness (QED) is 0.639. The Morgan fingerprint density at radius 2 is 2.04 bits per heavy atom. The van der Waals surface area contributed by atoms with Crippen molar-refractivity contribution in [2.75, 3.05) is 5.88 Å². The van der Waals surface area contributed by atoms with E-state index in [4.69, 9.17) is 28.0 Å². The molecule has 5 nitrogen and oxygen atoms in total. The Labute approximate surface area is 169 Å². The van der Waals surface area contributed by atoms with E-state index in [2.05, 4.69) is 5.48 Å². The zero-order chi connectivity index (χ0) is 19.4. The van der Waals surface area contributed by atoms with E-state index in [1.165, 1.54) is 11.2 Å². The fourth-order valence-corrected chi connectivity index (χ4v) is 4.46. The maximum Gasteiger partial charge on any atom is 0.409 e. The predicted octanol–water partition coefficient (Wildman–Crippen LogP) is 5.10. The summed E-state index contributed by atoms with van der Waals surface area (Å²) in [6.07, 6.45) is 6.58. The number of benzene rings is 1. The number of halogens is 2. The zero-order valence-corrected chi connectivity index (χ0v) is 16.8. The van der Waals surface area contributed by atoms with E-state index in [9.17, 15) is 9.90 Å². The summed E-state index contributed by atoms with van der Waals surface area (Å²) in [4.78, 5) is 19.0.